The van der Waals surface area contributed by atoms with Crippen molar-refractivity contribution in [1.29, 1.82) is 0 Å². The topological polar surface area (TPSA) is 97.8 Å². The van der Waals surface area contributed by atoms with Crippen molar-refractivity contribution < 1.29 is 28.7 Å². The van der Waals surface area contributed by atoms with E-state index in [-0.39, 0.29) is 44.7 Å². The van der Waals surface area contributed by atoms with Gasteiger partial charge in [0.2, 0.25) is 0 Å². The third-order valence-electron chi connectivity index (χ3n) is 5.38. The van der Waals surface area contributed by atoms with Gasteiger partial charge in [0.25, 0.3) is 11.8 Å². The Hall–Kier alpha value is -4.39. The lowest BCUT2D eigenvalue weighted by Gasteiger charge is -2.20. The normalized spacial score (nSPS) is 14.3. The Morgan fingerprint density at radius 3 is 1.77 bits per heavy atom. The van der Waals surface area contributed by atoms with E-state index in [1.54, 1.807) is 30.3 Å². The quantitative estimate of drug-likeness (QED) is 0.380. The molecule has 7 nitrogen and oxygen atoms in total. The molecule has 1 aliphatic heterocycles. The zero-order valence-corrected chi connectivity index (χ0v) is 16.0. The maximum Gasteiger partial charge on any atom is 0.340 e. The summed E-state index contributed by atoms with van der Waals surface area (Å²) >= 11 is 0. The highest BCUT2D eigenvalue weighted by Gasteiger charge is 2.37. The van der Waals surface area contributed by atoms with Crippen molar-refractivity contribution in [3.63, 3.8) is 0 Å². The van der Waals surface area contributed by atoms with Crippen LogP contribution in [-0.2, 0) is 4.74 Å². The molecular formula is C24H13NO6. The van der Waals surface area contributed by atoms with Crippen LogP contribution >= 0.6 is 0 Å². The lowest BCUT2D eigenvalue weighted by Crippen LogP contribution is -2.33. The summed E-state index contributed by atoms with van der Waals surface area (Å²) in [4.78, 5) is 64.3. The fourth-order valence-corrected chi connectivity index (χ4v) is 3.87. The van der Waals surface area contributed by atoms with Gasteiger partial charge in [-0.15, -0.1) is 0 Å². The number of imide groups is 1. The molecule has 7 heteroatoms. The van der Waals surface area contributed by atoms with Crippen LogP contribution in [0.1, 0.15) is 62.9 Å². The van der Waals surface area contributed by atoms with Crippen LogP contribution in [0.25, 0.3) is 0 Å². The molecule has 0 atom stereocenters. The number of ketones is 2. The predicted molar refractivity (Wildman–Crippen MR) is 107 cm³/mol. The lowest BCUT2D eigenvalue weighted by atomic mass is 9.82. The summed E-state index contributed by atoms with van der Waals surface area (Å²) in [5.41, 5.74) is 0.924. The average molecular weight is 411 g/mol. The summed E-state index contributed by atoms with van der Waals surface area (Å²) in [7, 11) is 0. The molecule has 2 amide bonds. The predicted octanol–water partition coefficient (Wildman–Crippen LogP) is 2.87. The lowest BCUT2D eigenvalue weighted by molar-refractivity contribution is 0.0226. The number of esters is 1. The first-order chi connectivity index (χ1) is 15.0. The Morgan fingerprint density at radius 1 is 0.645 bits per heavy atom. The average Bonchev–Trinajstić information content (AvgIpc) is 3.05. The first kappa shape index (κ1) is 18.6. The van der Waals surface area contributed by atoms with Crippen molar-refractivity contribution >= 4 is 29.4 Å². The fraction of sp³-hybridized carbons (Fsp3) is 0.0417. The first-order valence-electron chi connectivity index (χ1n) is 9.43. The van der Waals surface area contributed by atoms with E-state index in [9.17, 15) is 24.0 Å². The van der Waals surface area contributed by atoms with E-state index in [1.807, 2.05) is 0 Å². The second-order valence-electron chi connectivity index (χ2n) is 7.08. The van der Waals surface area contributed by atoms with Crippen molar-refractivity contribution in [2.24, 2.45) is 0 Å². The maximum absolute atomic E-state index is 13.0. The van der Waals surface area contributed by atoms with Crippen molar-refractivity contribution in [2.45, 2.75) is 0 Å². The van der Waals surface area contributed by atoms with Crippen molar-refractivity contribution in [1.82, 2.24) is 4.90 Å². The van der Waals surface area contributed by atoms with Gasteiger partial charge in [-0.25, -0.2) is 9.69 Å². The molecule has 0 fully saturated rings. The summed E-state index contributed by atoms with van der Waals surface area (Å²) < 4.78 is 5.20. The third kappa shape index (κ3) is 2.71. The van der Waals surface area contributed by atoms with Crippen LogP contribution in [0, 0.1) is 0 Å². The number of benzene rings is 3. The molecule has 0 aromatic heterocycles. The molecule has 1 aliphatic carbocycles. The molecule has 1 heterocycles. The largest absolute Gasteiger partial charge is 0.440 e. The molecule has 0 bridgehead atoms. The van der Waals surface area contributed by atoms with Crippen LogP contribution < -0.4 is 0 Å². The van der Waals surface area contributed by atoms with Crippen LogP contribution in [0.15, 0.2) is 66.7 Å². The molecule has 0 unspecified atom stereocenters. The number of nitrogens with zero attached hydrogens (tertiary/aromatic N) is 1. The van der Waals surface area contributed by atoms with Crippen LogP contribution in [0.5, 0.6) is 0 Å². The number of amides is 2. The van der Waals surface area contributed by atoms with Gasteiger partial charge in [-0.2, -0.15) is 0 Å². The summed E-state index contributed by atoms with van der Waals surface area (Å²) in [5, 5.41) is 0. The maximum atomic E-state index is 13.0. The molecule has 150 valence electrons. The monoisotopic (exact) mass is 411 g/mol. The molecule has 2 aliphatic rings. The Bertz CT molecular complexity index is 1300. The standard InChI is InChI=1S/C24H13NO6/c26-20-13-6-1-2-7-14(13)21(27)19-17(20)10-5-11-18(19)24(30)31-12-25-22(28)15-8-3-4-9-16(15)23(25)29/h1-11H,12H2. The van der Waals surface area contributed by atoms with Gasteiger partial charge in [-0.1, -0.05) is 48.5 Å². The summed E-state index contributed by atoms with van der Waals surface area (Å²) in [6, 6.07) is 17.0. The number of ether oxygens (including phenoxy) is 1. The number of hydrogen-bond acceptors (Lipinski definition) is 6. The Kier molecular flexibility index (Phi) is 4.11. The molecule has 0 saturated heterocycles. The highest BCUT2D eigenvalue weighted by molar-refractivity contribution is 6.30. The van der Waals surface area contributed by atoms with Crippen LogP contribution in [0.2, 0.25) is 0 Å². The zero-order chi connectivity index (χ0) is 21.7. The van der Waals surface area contributed by atoms with Gasteiger partial charge in [-0.3, -0.25) is 19.2 Å². The summed E-state index contributed by atoms with van der Waals surface area (Å²) in [6.45, 7) is -0.604. The number of hydrogen-bond donors (Lipinski definition) is 0. The van der Waals surface area contributed by atoms with Crippen molar-refractivity contribution in [2.75, 3.05) is 6.73 Å². The van der Waals surface area contributed by atoms with E-state index in [2.05, 4.69) is 0 Å². The van der Waals surface area contributed by atoms with Gasteiger partial charge in [0.05, 0.1) is 16.7 Å². The minimum Gasteiger partial charge on any atom is -0.440 e. The van der Waals surface area contributed by atoms with Gasteiger partial charge >= 0.3 is 5.97 Å². The Balaban J connectivity index is 1.43. The molecule has 31 heavy (non-hydrogen) atoms. The number of rotatable bonds is 3. The van der Waals surface area contributed by atoms with Gasteiger partial charge in [0.15, 0.2) is 18.3 Å². The molecular weight excluding hydrogens is 398 g/mol. The van der Waals surface area contributed by atoms with Crippen molar-refractivity contribution in [3.05, 3.63) is 106 Å². The van der Waals surface area contributed by atoms with Crippen LogP contribution in [0.3, 0.4) is 0 Å². The molecule has 0 radical (unpaired) electrons. The summed E-state index contributed by atoms with van der Waals surface area (Å²) in [6.07, 6.45) is 0. The summed E-state index contributed by atoms with van der Waals surface area (Å²) in [5.74, 6) is -2.86. The zero-order valence-electron chi connectivity index (χ0n) is 16.0. The van der Waals surface area contributed by atoms with Crippen molar-refractivity contribution in [3.8, 4) is 0 Å². The fourth-order valence-electron chi connectivity index (χ4n) is 3.87. The van der Waals surface area contributed by atoms with E-state index >= 15 is 0 Å². The minimum atomic E-state index is -0.908. The van der Waals surface area contributed by atoms with Gasteiger partial charge in [0.1, 0.15) is 0 Å². The second-order valence-corrected chi connectivity index (χ2v) is 7.08. The number of carbonyl (C=O) groups excluding carboxylic acids is 5. The Labute approximate surface area is 175 Å². The highest BCUT2D eigenvalue weighted by atomic mass is 16.5. The second kappa shape index (κ2) is 6.84. The highest BCUT2D eigenvalue weighted by Crippen LogP contribution is 2.30. The smallest absolute Gasteiger partial charge is 0.340 e. The van der Waals surface area contributed by atoms with E-state index in [1.165, 1.54) is 36.4 Å². The SMILES string of the molecule is O=C(OCN1C(=O)c2ccccc2C1=O)c1cccc2c1C(=O)c1ccccc1C2=O. The van der Waals surface area contributed by atoms with E-state index in [0.717, 1.165) is 4.90 Å². The van der Waals surface area contributed by atoms with Crippen LogP contribution in [0.4, 0.5) is 0 Å². The molecule has 0 spiro atoms. The van der Waals surface area contributed by atoms with E-state index in [4.69, 9.17) is 4.74 Å². The van der Waals surface area contributed by atoms with Crippen LogP contribution in [-0.4, -0.2) is 41.0 Å². The van der Waals surface area contributed by atoms with Gasteiger partial charge in [0, 0.05) is 22.3 Å². The van der Waals surface area contributed by atoms with Gasteiger partial charge in [-0.05, 0) is 18.2 Å². The molecule has 0 N–H and O–H groups in total. The molecule has 0 saturated carbocycles. The molecule has 3 aromatic carbocycles. The third-order valence-corrected chi connectivity index (χ3v) is 5.38. The number of fused-ring (bicyclic) bond motifs is 3. The molecule has 3 aromatic rings. The minimum absolute atomic E-state index is 0.0430. The first-order valence-corrected chi connectivity index (χ1v) is 9.43. The van der Waals surface area contributed by atoms with Gasteiger partial charge < -0.3 is 4.74 Å². The molecule has 5 rings (SSSR count). The Morgan fingerprint density at radius 2 is 1.16 bits per heavy atom. The van der Waals surface area contributed by atoms with E-state index < -0.39 is 30.3 Å². The number of carbonyl (C=O) groups is 5. The van der Waals surface area contributed by atoms with E-state index in [0.29, 0.717) is 0 Å².